The zero-order valence-corrected chi connectivity index (χ0v) is 11.0. The monoisotopic (exact) mass is 264 g/mol. The highest BCUT2D eigenvalue weighted by atomic mass is 16.6. The van der Waals surface area contributed by atoms with Crippen LogP contribution in [0.1, 0.15) is 25.7 Å². The fourth-order valence-corrected chi connectivity index (χ4v) is 4.06. The molecule has 0 aromatic heterocycles. The Hall–Kier alpha value is -1.13. The molecule has 5 atom stereocenters. The number of fused-ring (bicyclic) bond motifs is 3. The lowest BCUT2D eigenvalue weighted by Gasteiger charge is -2.28. The maximum Gasteiger partial charge on any atom is 0.341 e. The normalized spacial score (nSPS) is 45.7. The van der Waals surface area contributed by atoms with Gasteiger partial charge in [-0.1, -0.05) is 24.3 Å². The van der Waals surface area contributed by atoms with Crippen molar-refractivity contribution in [3.8, 4) is 0 Å². The molecule has 1 aliphatic heterocycles. The van der Waals surface area contributed by atoms with E-state index in [1.807, 2.05) is 0 Å². The van der Waals surface area contributed by atoms with E-state index in [1.165, 1.54) is 0 Å². The molecule has 4 nitrogen and oxygen atoms in total. The van der Waals surface area contributed by atoms with Crippen molar-refractivity contribution in [3.63, 3.8) is 0 Å². The maximum absolute atomic E-state index is 11.9. The number of hydrogen-bond donors (Lipinski definition) is 2. The molecular formula is C15H20O4. The molecule has 104 valence electrons. The quantitative estimate of drug-likeness (QED) is 0.551. The van der Waals surface area contributed by atoms with Crippen molar-refractivity contribution in [2.24, 2.45) is 17.8 Å². The summed E-state index contributed by atoms with van der Waals surface area (Å²) in [6.45, 7) is 7.66. The lowest BCUT2D eigenvalue weighted by Crippen LogP contribution is -2.46. The molecule has 19 heavy (non-hydrogen) atoms. The van der Waals surface area contributed by atoms with E-state index in [0.29, 0.717) is 12.3 Å². The van der Waals surface area contributed by atoms with E-state index in [1.54, 1.807) is 0 Å². The minimum atomic E-state index is -1.75. The van der Waals surface area contributed by atoms with E-state index in [4.69, 9.17) is 4.74 Å². The summed E-state index contributed by atoms with van der Waals surface area (Å²) in [6.07, 6.45) is 2.97. The molecule has 1 heterocycles. The van der Waals surface area contributed by atoms with Crippen molar-refractivity contribution in [3.05, 3.63) is 24.3 Å². The number of ether oxygens (including phenoxy) is 1. The second-order valence-electron chi connectivity index (χ2n) is 6.08. The molecule has 0 aromatic rings. The van der Waals surface area contributed by atoms with Gasteiger partial charge in [0.25, 0.3) is 0 Å². The first kappa shape index (κ1) is 12.9. The molecule has 0 radical (unpaired) electrons. The second kappa shape index (κ2) is 4.18. The van der Waals surface area contributed by atoms with Gasteiger partial charge in [-0.2, -0.15) is 0 Å². The predicted molar refractivity (Wildman–Crippen MR) is 69.1 cm³/mol. The molecule has 1 saturated heterocycles. The zero-order valence-electron chi connectivity index (χ0n) is 11.0. The summed E-state index contributed by atoms with van der Waals surface area (Å²) in [4.78, 5) is 11.9. The Kier molecular flexibility index (Phi) is 2.84. The van der Waals surface area contributed by atoms with Gasteiger partial charge in [0.2, 0.25) is 0 Å². The molecule has 2 aliphatic carbocycles. The van der Waals surface area contributed by atoms with Crippen LogP contribution in [0.15, 0.2) is 24.3 Å². The van der Waals surface area contributed by atoms with Crippen LogP contribution in [0.5, 0.6) is 0 Å². The third-order valence-corrected chi connectivity index (χ3v) is 5.18. The minimum absolute atomic E-state index is 0.0597. The zero-order chi connectivity index (χ0) is 13.8. The lowest BCUT2D eigenvalue weighted by atomic mass is 9.78. The van der Waals surface area contributed by atoms with Crippen LogP contribution in [0.2, 0.25) is 0 Å². The van der Waals surface area contributed by atoms with Gasteiger partial charge in [-0.25, -0.2) is 4.79 Å². The molecule has 4 heteroatoms. The van der Waals surface area contributed by atoms with Crippen molar-refractivity contribution in [1.29, 1.82) is 0 Å². The van der Waals surface area contributed by atoms with E-state index >= 15 is 0 Å². The van der Waals surface area contributed by atoms with Gasteiger partial charge in [-0.3, -0.25) is 0 Å². The number of aliphatic hydroxyl groups excluding tert-OH is 1. The van der Waals surface area contributed by atoms with Gasteiger partial charge >= 0.3 is 5.97 Å². The van der Waals surface area contributed by atoms with E-state index in [9.17, 15) is 15.0 Å². The summed E-state index contributed by atoms with van der Waals surface area (Å²) in [6, 6.07) is 0. The van der Waals surface area contributed by atoms with E-state index < -0.39 is 18.2 Å². The number of esters is 1. The Morgan fingerprint density at radius 3 is 2.63 bits per heavy atom. The summed E-state index contributed by atoms with van der Waals surface area (Å²) in [7, 11) is 0. The lowest BCUT2D eigenvalue weighted by molar-refractivity contribution is -0.159. The van der Waals surface area contributed by atoms with Crippen LogP contribution in [0, 0.1) is 17.8 Å². The molecule has 0 aromatic carbocycles. The number of rotatable bonds is 1. The Balaban J connectivity index is 2.01. The highest BCUT2D eigenvalue weighted by molar-refractivity contribution is 5.82. The fraction of sp³-hybridized carbons (Fsp3) is 0.667. The van der Waals surface area contributed by atoms with Gasteiger partial charge in [0.1, 0.15) is 6.10 Å². The van der Waals surface area contributed by atoms with Gasteiger partial charge in [-0.15, -0.1) is 0 Å². The van der Waals surface area contributed by atoms with Crippen molar-refractivity contribution in [2.75, 3.05) is 6.61 Å². The number of aliphatic hydroxyl groups is 2. The third kappa shape index (κ3) is 1.63. The second-order valence-corrected chi connectivity index (χ2v) is 6.08. The van der Waals surface area contributed by atoms with E-state index in [-0.39, 0.29) is 17.9 Å². The Morgan fingerprint density at radius 1 is 1.26 bits per heavy atom. The van der Waals surface area contributed by atoms with Crippen LogP contribution in [0.25, 0.3) is 0 Å². The van der Waals surface area contributed by atoms with Crippen molar-refractivity contribution < 1.29 is 19.7 Å². The summed E-state index contributed by atoms with van der Waals surface area (Å²) < 4.78 is 5.43. The molecular weight excluding hydrogens is 244 g/mol. The topological polar surface area (TPSA) is 66.8 Å². The first-order chi connectivity index (χ1) is 8.99. The number of hydrogen-bond acceptors (Lipinski definition) is 4. The third-order valence-electron chi connectivity index (χ3n) is 5.18. The molecule has 0 unspecified atom stereocenters. The first-order valence-electron chi connectivity index (χ1n) is 6.88. The highest BCUT2D eigenvalue weighted by Crippen LogP contribution is 2.52. The number of carbonyl (C=O) groups excluding carboxylic acids is 1. The number of carbonyl (C=O) groups is 1. The first-order valence-corrected chi connectivity index (χ1v) is 6.88. The largest absolute Gasteiger partial charge is 0.459 e. The predicted octanol–water partition coefficient (Wildman–Crippen LogP) is 1.18. The SMILES string of the molecule is C=C1CC[C@H]2C(=C)CC[C@@H]3[C@H](OC(=O)[C@]3(O)CO)[C@@H]12. The molecule has 3 aliphatic rings. The smallest absolute Gasteiger partial charge is 0.341 e. The molecule has 3 rings (SSSR count). The maximum atomic E-state index is 11.9. The fourth-order valence-electron chi connectivity index (χ4n) is 4.06. The van der Waals surface area contributed by atoms with Gasteiger partial charge in [0, 0.05) is 11.8 Å². The number of allylic oxidation sites excluding steroid dienone is 1. The average molecular weight is 264 g/mol. The van der Waals surface area contributed by atoms with Crippen LogP contribution < -0.4 is 0 Å². The van der Waals surface area contributed by atoms with Crippen LogP contribution in [-0.2, 0) is 9.53 Å². The molecule has 2 N–H and O–H groups in total. The molecule has 3 fully saturated rings. The van der Waals surface area contributed by atoms with Gasteiger partial charge in [0.15, 0.2) is 5.60 Å². The van der Waals surface area contributed by atoms with Crippen LogP contribution >= 0.6 is 0 Å². The van der Waals surface area contributed by atoms with Gasteiger partial charge in [0.05, 0.1) is 6.61 Å². The summed E-state index contributed by atoms with van der Waals surface area (Å²) in [5.74, 6) is -0.677. The van der Waals surface area contributed by atoms with Crippen LogP contribution in [0.3, 0.4) is 0 Å². The van der Waals surface area contributed by atoms with Crippen molar-refractivity contribution >= 4 is 5.97 Å². The summed E-state index contributed by atoms with van der Waals surface area (Å²) in [5, 5.41) is 19.8. The van der Waals surface area contributed by atoms with Crippen molar-refractivity contribution in [1.82, 2.24) is 0 Å². The summed E-state index contributed by atoms with van der Waals surface area (Å²) in [5.41, 5.74) is 0.496. The summed E-state index contributed by atoms with van der Waals surface area (Å²) >= 11 is 0. The highest BCUT2D eigenvalue weighted by Gasteiger charge is 2.60. The molecule has 0 amide bonds. The molecule has 0 spiro atoms. The molecule has 0 bridgehead atoms. The Bertz CT molecular complexity index is 455. The molecule has 2 saturated carbocycles. The Labute approximate surface area is 112 Å². The Morgan fingerprint density at radius 2 is 1.95 bits per heavy atom. The van der Waals surface area contributed by atoms with Gasteiger partial charge < -0.3 is 14.9 Å². The minimum Gasteiger partial charge on any atom is -0.459 e. The van der Waals surface area contributed by atoms with Crippen LogP contribution in [0.4, 0.5) is 0 Å². The van der Waals surface area contributed by atoms with Crippen molar-refractivity contribution in [2.45, 2.75) is 37.4 Å². The van der Waals surface area contributed by atoms with Crippen LogP contribution in [-0.4, -0.2) is 34.5 Å². The van der Waals surface area contributed by atoms with E-state index in [2.05, 4.69) is 13.2 Å². The van der Waals surface area contributed by atoms with E-state index in [0.717, 1.165) is 30.4 Å². The van der Waals surface area contributed by atoms with Gasteiger partial charge in [-0.05, 0) is 31.6 Å². The average Bonchev–Trinajstić information content (AvgIpc) is 2.83. The standard InChI is InChI=1S/C15H20O4/c1-8-4-6-11-13(12-9(2)3-5-10(8)12)19-14(17)15(11,18)7-16/h10-13,16,18H,1-7H2/t10-,11+,12-,13-,15-/m0/s1.